The van der Waals surface area contributed by atoms with Crippen LogP contribution in [0.15, 0.2) is 22.6 Å². The molecule has 0 saturated carbocycles. The predicted octanol–water partition coefficient (Wildman–Crippen LogP) is 1.24. The maximum Gasteiger partial charge on any atom is 0.252 e. The SMILES string of the molecule is Cc1oc2cc(N(C)S(C)(=O)=O)ccc2c1C(N)=O. The number of primary amides is 1. The fraction of sp³-hybridized carbons (Fsp3) is 0.250. The first-order valence-corrected chi connectivity index (χ1v) is 7.33. The lowest BCUT2D eigenvalue weighted by Crippen LogP contribution is -2.24. The van der Waals surface area contributed by atoms with E-state index in [2.05, 4.69) is 0 Å². The van der Waals surface area contributed by atoms with Gasteiger partial charge in [-0.15, -0.1) is 0 Å². The van der Waals surface area contributed by atoms with Gasteiger partial charge in [0.25, 0.3) is 5.91 Å². The van der Waals surface area contributed by atoms with Gasteiger partial charge in [0.15, 0.2) is 0 Å². The molecule has 7 heteroatoms. The molecule has 0 radical (unpaired) electrons. The molecule has 0 saturated heterocycles. The van der Waals surface area contributed by atoms with E-state index in [1.165, 1.54) is 7.05 Å². The quantitative estimate of drug-likeness (QED) is 0.916. The van der Waals surface area contributed by atoms with Gasteiger partial charge in [-0.2, -0.15) is 0 Å². The molecule has 0 aliphatic rings. The first-order chi connectivity index (χ1) is 8.71. The van der Waals surface area contributed by atoms with Crippen LogP contribution < -0.4 is 10.0 Å². The number of hydrogen-bond acceptors (Lipinski definition) is 4. The van der Waals surface area contributed by atoms with Crippen molar-refractivity contribution in [2.45, 2.75) is 6.92 Å². The number of hydrogen-bond donors (Lipinski definition) is 1. The lowest BCUT2D eigenvalue weighted by Gasteiger charge is -2.16. The summed E-state index contributed by atoms with van der Waals surface area (Å²) in [5.74, 6) is -0.151. The van der Waals surface area contributed by atoms with Crippen molar-refractivity contribution in [3.8, 4) is 0 Å². The van der Waals surface area contributed by atoms with Crippen molar-refractivity contribution >= 4 is 32.6 Å². The standard InChI is InChI=1S/C12H14N2O4S/c1-7-11(12(13)15)9-5-4-8(6-10(9)18-7)14(2)19(3,16)17/h4-6H,1-3H3,(H2,13,15). The van der Waals surface area contributed by atoms with E-state index in [1.54, 1.807) is 25.1 Å². The summed E-state index contributed by atoms with van der Waals surface area (Å²) in [6.45, 7) is 1.64. The van der Waals surface area contributed by atoms with Crippen LogP contribution in [0.3, 0.4) is 0 Å². The summed E-state index contributed by atoms with van der Waals surface area (Å²) < 4.78 is 29.5. The highest BCUT2D eigenvalue weighted by atomic mass is 32.2. The Kier molecular flexibility index (Phi) is 3.01. The number of sulfonamides is 1. The van der Waals surface area contributed by atoms with Gasteiger partial charge in [-0.25, -0.2) is 8.42 Å². The second-order valence-electron chi connectivity index (χ2n) is 4.31. The number of anilines is 1. The minimum atomic E-state index is -3.34. The van der Waals surface area contributed by atoms with Crippen molar-refractivity contribution < 1.29 is 17.6 Å². The zero-order chi connectivity index (χ0) is 14.4. The van der Waals surface area contributed by atoms with Gasteiger partial charge in [0.1, 0.15) is 11.3 Å². The molecular weight excluding hydrogens is 268 g/mol. The van der Waals surface area contributed by atoms with Crippen LogP contribution in [0.25, 0.3) is 11.0 Å². The molecule has 1 aromatic carbocycles. The molecule has 1 aromatic heterocycles. The molecule has 1 heterocycles. The minimum absolute atomic E-state index is 0.323. The largest absolute Gasteiger partial charge is 0.460 e. The van der Waals surface area contributed by atoms with Crippen molar-refractivity contribution in [2.24, 2.45) is 5.73 Å². The zero-order valence-electron chi connectivity index (χ0n) is 10.8. The molecule has 0 fully saturated rings. The van der Waals surface area contributed by atoms with Gasteiger partial charge in [-0.05, 0) is 19.1 Å². The van der Waals surface area contributed by atoms with Gasteiger partial charge in [0.2, 0.25) is 10.0 Å². The Morgan fingerprint density at radius 1 is 1.37 bits per heavy atom. The molecule has 102 valence electrons. The molecule has 2 rings (SSSR count). The summed E-state index contributed by atoms with van der Waals surface area (Å²) in [5.41, 5.74) is 6.50. The smallest absolute Gasteiger partial charge is 0.252 e. The number of amides is 1. The highest BCUT2D eigenvalue weighted by Crippen LogP contribution is 2.29. The molecule has 0 unspecified atom stereocenters. The van der Waals surface area contributed by atoms with E-state index >= 15 is 0 Å². The Bertz CT molecular complexity index is 761. The third-order valence-corrected chi connectivity index (χ3v) is 4.16. The third-order valence-electron chi connectivity index (χ3n) is 2.96. The fourth-order valence-electron chi connectivity index (χ4n) is 1.90. The average molecular weight is 282 g/mol. The topological polar surface area (TPSA) is 93.6 Å². The minimum Gasteiger partial charge on any atom is -0.460 e. The Labute approximate surface area is 110 Å². The van der Waals surface area contributed by atoms with E-state index in [4.69, 9.17) is 10.2 Å². The molecule has 2 aromatic rings. The van der Waals surface area contributed by atoms with Crippen molar-refractivity contribution in [1.29, 1.82) is 0 Å². The Balaban J connectivity index is 2.64. The molecule has 0 bridgehead atoms. The van der Waals surface area contributed by atoms with Crippen LogP contribution in [0, 0.1) is 6.92 Å². The molecule has 6 nitrogen and oxygen atoms in total. The van der Waals surface area contributed by atoms with Crippen LogP contribution in [-0.4, -0.2) is 27.6 Å². The molecule has 0 atom stereocenters. The summed E-state index contributed by atoms with van der Waals surface area (Å²) in [6, 6.07) is 4.80. The number of benzene rings is 1. The van der Waals surface area contributed by atoms with Gasteiger partial charge >= 0.3 is 0 Å². The molecule has 0 aliphatic carbocycles. The monoisotopic (exact) mass is 282 g/mol. The zero-order valence-corrected chi connectivity index (χ0v) is 11.6. The summed E-state index contributed by atoms with van der Waals surface area (Å²) in [6.07, 6.45) is 1.11. The molecule has 19 heavy (non-hydrogen) atoms. The van der Waals surface area contributed by atoms with Gasteiger partial charge in [0, 0.05) is 18.5 Å². The lowest BCUT2D eigenvalue weighted by atomic mass is 10.1. The normalized spacial score (nSPS) is 11.7. The van der Waals surface area contributed by atoms with E-state index in [9.17, 15) is 13.2 Å². The van der Waals surface area contributed by atoms with Crippen molar-refractivity contribution in [3.63, 3.8) is 0 Å². The molecule has 0 spiro atoms. The number of aryl methyl sites for hydroxylation is 1. The highest BCUT2D eigenvalue weighted by Gasteiger charge is 2.18. The van der Waals surface area contributed by atoms with E-state index in [0.717, 1.165) is 10.6 Å². The summed E-state index contributed by atoms with van der Waals surface area (Å²) in [7, 11) is -1.90. The Hall–Kier alpha value is -2.02. The Morgan fingerprint density at radius 3 is 2.53 bits per heavy atom. The second kappa shape index (κ2) is 4.27. The molecule has 0 aliphatic heterocycles. The lowest BCUT2D eigenvalue weighted by molar-refractivity contribution is 0.1000. The fourth-order valence-corrected chi connectivity index (χ4v) is 2.40. The van der Waals surface area contributed by atoms with Crippen LogP contribution in [0.2, 0.25) is 0 Å². The van der Waals surface area contributed by atoms with Crippen LogP contribution in [-0.2, 0) is 10.0 Å². The summed E-state index contributed by atoms with van der Waals surface area (Å²) in [4.78, 5) is 11.3. The van der Waals surface area contributed by atoms with E-state index in [0.29, 0.717) is 28.0 Å². The molecule has 2 N–H and O–H groups in total. The maximum absolute atomic E-state index is 11.5. The maximum atomic E-state index is 11.5. The molecular formula is C12H14N2O4S. The van der Waals surface area contributed by atoms with Gasteiger partial charge in [-0.1, -0.05) is 0 Å². The van der Waals surface area contributed by atoms with Crippen LogP contribution >= 0.6 is 0 Å². The van der Waals surface area contributed by atoms with E-state index in [-0.39, 0.29) is 0 Å². The summed E-state index contributed by atoms with van der Waals surface area (Å²) in [5, 5.41) is 0.579. The number of furan rings is 1. The number of nitrogens with zero attached hydrogens (tertiary/aromatic N) is 1. The number of carbonyl (C=O) groups excluding carboxylic acids is 1. The molecule has 1 amide bonds. The summed E-state index contributed by atoms with van der Waals surface area (Å²) >= 11 is 0. The number of carbonyl (C=O) groups is 1. The number of rotatable bonds is 3. The van der Waals surface area contributed by atoms with Gasteiger partial charge < -0.3 is 10.2 Å². The number of fused-ring (bicyclic) bond motifs is 1. The average Bonchev–Trinajstić information content (AvgIpc) is 2.61. The van der Waals surface area contributed by atoms with Crippen molar-refractivity contribution in [2.75, 3.05) is 17.6 Å². The number of nitrogens with two attached hydrogens (primary N) is 1. The van der Waals surface area contributed by atoms with Gasteiger partial charge in [-0.3, -0.25) is 9.10 Å². The second-order valence-corrected chi connectivity index (χ2v) is 6.32. The van der Waals surface area contributed by atoms with Crippen LogP contribution in [0.1, 0.15) is 16.1 Å². The van der Waals surface area contributed by atoms with Crippen molar-refractivity contribution in [1.82, 2.24) is 0 Å². The predicted molar refractivity (Wildman–Crippen MR) is 72.7 cm³/mol. The highest BCUT2D eigenvalue weighted by molar-refractivity contribution is 7.92. The van der Waals surface area contributed by atoms with E-state index in [1.807, 2.05) is 0 Å². The van der Waals surface area contributed by atoms with E-state index < -0.39 is 15.9 Å². The third kappa shape index (κ3) is 2.28. The van der Waals surface area contributed by atoms with Crippen LogP contribution in [0.5, 0.6) is 0 Å². The van der Waals surface area contributed by atoms with Gasteiger partial charge in [0.05, 0.1) is 17.5 Å². The first-order valence-electron chi connectivity index (χ1n) is 5.48. The first kappa shape index (κ1) is 13.4. The van der Waals surface area contributed by atoms with Crippen LogP contribution in [0.4, 0.5) is 5.69 Å². The van der Waals surface area contributed by atoms with Crippen molar-refractivity contribution in [3.05, 3.63) is 29.5 Å². The Morgan fingerprint density at radius 2 is 2.00 bits per heavy atom.